The summed E-state index contributed by atoms with van der Waals surface area (Å²) in [6.45, 7) is 2.30. The van der Waals surface area contributed by atoms with Crippen LogP contribution in [-0.2, 0) is 6.42 Å². The number of hydrogen-bond donors (Lipinski definition) is 1. The molecule has 1 aliphatic rings. The van der Waals surface area contributed by atoms with Crippen molar-refractivity contribution in [3.63, 3.8) is 0 Å². The molecule has 4 nitrogen and oxygen atoms in total. The molecule has 0 spiro atoms. The largest absolute Gasteiger partial charge is 1.00 e. The van der Waals surface area contributed by atoms with Gasteiger partial charge < -0.3 is 31.9 Å². The van der Waals surface area contributed by atoms with Crippen molar-refractivity contribution >= 4 is 0 Å². The summed E-state index contributed by atoms with van der Waals surface area (Å²) < 4.78 is 16.3. The molecule has 1 atom stereocenters. The van der Waals surface area contributed by atoms with Crippen molar-refractivity contribution in [3.8, 4) is 17.2 Å². The van der Waals surface area contributed by atoms with Gasteiger partial charge in [-0.05, 0) is 50.3 Å². The molecule has 0 heterocycles. The number of ether oxygens (including phenoxy) is 3. The van der Waals surface area contributed by atoms with Crippen LogP contribution >= 0.6 is 0 Å². The Morgan fingerprint density at radius 3 is 2.04 bits per heavy atom. The van der Waals surface area contributed by atoms with E-state index in [-0.39, 0.29) is 12.4 Å². The first kappa shape index (κ1) is 19.9. The van der Waals surface area contributed by atoms with Crippen LogP contribution < -0.4 is 31.9 Å². The summed E-state index contributed by atoms with van der Waals surface area (Å²) in [7, 11) is 4.97. The van der Waals surface area contributed by atoms with Crippen LogP contribution in [0.5, 0.6) is 17.2 Å². The minimum Gasteiger partial charge on any atom is -1.00 e. The maximum atomic E-state index is 5.44. The van der Waals surface area contributed by atoms with E-state index < -0.39 is 0 Å². The average molecular weight is 344 g/mol. The van der Waals surface area contributed by atoms with Crippen LogP contribution in [0.1, 0.15) is 44.6 Å². The van der Waals surface area contributed by atoms with Gasteiger partial charge >= 0.3 is 0 Å². The number of quaternary nitrogens is 1. The molecule has 2 rings (SSSR count). The van der Waals surface area contributed by atoms with E-state index in [1.54, 1.807) is 21.3 Å². The fraction of sp³-hybridized carbons (Fsp3) is 0.667. The van der Waals surface area contributed by atoms with Crippen LogP contribution in [0.2, 0.25) is 0 Å². The molecular weight excluding hydrogens is 314 g/mol. The molecule has 1 fully saturated rings. The van der Waals surface area contributed by atoms with Crippen molar-refractivity contribution in [2.75, 3.05) is 21.3 Å². The molecule has 5 heteroatoms. The average Bonchev–Trinajstić information content (AvgIpc) is 2.54. The van der Waals surface area contributed by atoms with Gasteiger partial charge in [-0.25, -0.2) is 0 Å². The summed E-state index contributed by atoms with van der Waals surface area (Å²) in [5.74, 6) is 2.14. The number of hydrogen-bond acceptors (Lipinski definition) is 3. The second-order valence-corrected chi connectivity index (χ2v) is 6.31. The lowest BCUT2D eigenvalue weighted by molar-refractivity contribution is -0.720. The minimum atomic E-state index is 0. The number of methoxy groups -OCH3 is 3. The Labute approximate surface area is 146 Å². The molecule has 1 aromatic rings. The Morgan fingerprint density at radius 2 is 1.57 bits per heavy atom. The summed E-state index contributed by atoms with van der Waals surface area (Å²) in [6.07, 6.45) is 7.91. The summed E-state index contributed by atoms with van der Waals surface area (Å²) >= 11 is 0. The molecule has 2 N–H and O–H groups in total. The molecule has 1 saturated carbocycles. The third-order valence-electron chi connectivity index (χ3n) is 4.53. The Bertz CT molecular complexity index is 450. The number of benzene rings is 1. The summed E-state index contributed by atoms with van der Waals surface area (Å²) in [6, 6.07) is 5.48. The predicted octanol–water partition coefficient (Wildman–Crippen LogP) is -0.456. The zero-order valence-corrected chi connectivity index (χ0v) is 15.5. The molecular formula is C18H30ClNO3. The first-order chi connectivity index (χ1) is 10.7. The molecule has 1 unspecified atom stereocenters. The molecule has 23 heavy (non-hydrogen) atoms. The van der Waals surface area contributed by atoms with Crippen LogP contribution in [0.4, 0.5) is 0 Å². The van der Waals surface area contributed by atoms with E-state index >= 15 is 0 Å². The third kappa shape index (κ3) is 5.47. The van der Waals surface area contributed by atoms with E-state index in [4.69, 9.17) is 14.2 Å². The van der Waals surface area contributed by atoms with E-state index in [2.05, 4.69) is 24.4 Å². The van der Waals surface area contributed by atoms with Crippen molar-refractivity contribution in [1.82, 2.24) is 0 Å². The van der Waals surface area contributed by atoms with Crippen molar-refractivity contribution < 1.29 is 31.9 Å². The van der Waals surface area contributed by atoms with Crippen LogP contribution in [0.3, 0.4) is 0 Å². The van der Waals surface area contributed by atoms with Crippen molar-refractivity contribution in [3.05, 3.63) is 17.7 Å². The van der Waals surface area contributed by atoms with Gasteiger partial charge in [0.05, 0.1) is 33.4 Å². The van der Waals surface area contributed by atoms with Gasteiger partial charge in [0.25, 0.3) is 0 Å². The van der Waals surface area contributed by atoms with Gasteiger partial charge in [0.1, 0.15) is 0 Å². The Balaban J connectivity index is 0.00000264. The second-order valence-electron chi connectivity index (χ2n) is 6.31. The Morgan fingerprint density at radius 1 is 1.00 bits per heavy atom. The fourth-order valence-electron chi connectivity index (χ4n) is 3.48. The maximum Gasteiger partial charge on any atom is 0.203 e. The molecule has 0 amide bonds. The highest BCUT2D eigenvalue weighted by Crippen LogP contribution is 2.38. The van der Waals surface area contributed by atoms with Gasteiger partial charge in [0, 0.05) is 6.42 Å². The van der Waals surface area contributed by atoms with Gasteiger partial charge in [-0.3, -0.25) is 0 Å². The van der Waals surface area contributed by atoms with Crippen molar-refractivity contribution in [2.45, 2.75) is 57.5 Å². The highest BCUT2D eigenvalue weighted by Gasteiger charge is 2.20. The summed E-state index contributed by atoms with van der Waals surface area (Å²) in [5.41, 5.74) is 1.23. The second kappa shape index (κ2) is 9.89. The first-order valence-electron chi connectivity index (χ1n) is 8.31. The molecule has 0 bridgehead atoms. The Hall–Kier alpha value is -1.13. The van der Waals surface area contributed by atoms with Crippen LogP contribution in [0, 0.1) is 0 Å². The normalized spacial score (nSPS) is 16.3. The zero-order chi connectivity index (χ0) is 15.9. The van der Waals surface area contributed by atoms with Gasteiger partial charge in [-0.2, -0.15) is 0 Å². The zero-order valence-electron chi connectivity index (χ0n) is 14.7. The highest BCUT2D eigenvalue weighted by atomic mass is 35.5. The summed E-state index contributed by atoms with van der Waals surface area (Å²) in [4.78, 5) is 0. The van der Waals surface area contributed by atoms with Crippen molar-refractivity contribution in [2.24, 2.45) is 0 Å². The van der Waals surface area contributed by atoms with E-state index in [1.807, 2.05) is 0 Å². The first-order valence-corrected chi connectivity index (χ1v) is 8.31. The van der Waals surface area contributed by atoms with Gasteiger partial charge in [0.15, 0.2) is 11.5 Å². The fourth-order valence-corrected chi connectivity index (χ4v) is 3.48. The highest BCUT2D eigenvalue weighted by molar-refractivity contribution is 5.53. The van der Waals surface area contributed by atoms with Crippen molar-refractivity contribution in [1.29, 1.82) is 0 Å². The van der Waals surface area contributed by atoms with E-state index in [0.29, 0.717) is 11.8 Å². The quantitative estimate of drug-likeness (QED) is 0.729. The lowest BCUT2D eigenvalue weighted by atomic mass is 9.94. The van der Waals surface area contributed by atoms with E-state index in [9.17, 15) is 0 Å². The lowest BCUT2D eigenvalue weighted by Crippen LogP contribution is -3.00. The topological polar surface area (TPSA) is 44.3 Å². The van der Waals surface area contributed by atoms with Crippen LogP contribution in [-0.4, -0.2) is 33.4 Å². The SMILES string of the molecule is COc1cc(CC(C)[NH2+]C2CCCCC2)cc(OC)c1OC.[Cl-]. The van der Waals surface area contributed by atoms with E-state index in [0.717, 1.165) is 24.0 Å². The maximum absolute atomic E-state index is 5.44. The molecule has 0 aliphatic heterocycles. The van der Waals surface area contributed by atoms with E-state index in [1.165, 1.54) is 37.7 Å². The minimum absolute atomic E-state index is 0. The monoisotopic (exact) mass is 343 g/mol. The molecule has 0 radical (unpaired) electrons. The number of rotatable bonds is 7. The molecule has 0 saturated heterocycles. The number of nitrogens with two attached hydrogens (primary N) is 1. The van der Waals surface area contributed by atoms with Gasteiger partial charge in [-0.1, -0.05) is 6.42 Å². The molecule has 132 valence electrons. The molecule has 1 aromatic carbocycles. The third-order valence-corrected chi connectivity index (χ3v) is 4.53. The van der Waals surface area contributed by atoms with Crippen LogP contribution in [0.25, 0.3) is 0 Å². The standard InChI is InChI=1S/C18H29NO3.ClH/c1-13(19-15-8-6-5-7-9-15)10-14-11-16(20-2)18(22-4)17(12-14)21-3;/h11-13,15,19H,5-10H2,1-4H3;1H. The van der Waals surface area contributed by atoms with Gasteiger partial charge in [-0.15, -0.1) is 0 Å². The van der Waals surface area contributed by atoms with Crippen LogP contribution in [0.15, 0.2) is 12.1 Å². The molecule has 1 aliphatic carbocycles. The predicted molar refractivity (Wildman–Crippen MR) is 88.1 cm³/mol. The summed E-state index contributed by atoms with van der Waals surface area (Å²) in [5, 5.41) is 2.54. The number of halogens is 1. The smallest absolute Gasteiger partial charge is 0.203 e. The molecule has 0 aromatic heterocycles. The van der Waals surface area contributed by atoms with Gasteiger partial charge in [0.2, 0.25) is 5.75 Å². The Kier molecular flexibility index (Phi) is 8.56. The lowest BCUT2D eigenvalue weighted by Gasteiger charge is -2.24.